The van der Waals surface area contributed by atoms with Crippen molar-refractivity contribution in [3.8, 4) is 0 Å². The Balaban J connectivity index is 2.40. The van der Waals surface area contributed by atoms with Gasteiger partial charge in [-0.2, -0.15) is 0 Å². The first-order chi connectivity index (χ1) is 9.89. The fourth-order valence-corrected chi connectivity index (χ4v) is 2.79. The molecule has 0 aromatic carbocycles. The molecule has 0 saturated carbocycles. The number of rotatable bonds is 9. The van der Waals surface area contributed by atoms with Gasteiger partial charge in [0, 0.05) is 6.54 Å². The molecule has 1 fully saturated rings. The van der Waals surface area contributed by atoms with E-state index >= 15 is 0 Å². The Morgan fingerprint density at radius 2 is 1.81 bits per heavy atom. The summed E-state index contributed by atoms with van der Waals surface area (Å²) in [6, 6.07) is 0. The molecule has 0 bridgehead atoms. The Kier molecular flexibility index (Phi) is 7.18. The largest absolute Gasteiger partial charge is 0.481 e. The Labute approximate surface area is 127 Å². The summed E-state index contributed by atoms with van der Waals surface area (Å²) >= 11 is 0. The molecular weight excluding hydrogens is 271 g/mol. The van der Waals surface area contributed by atoms with Gasteiger partial charge >= 0.3 is 11.9 Å². The molecule has 7 heteroatoms. The standard InChI is InChI=1S/C14H27BN2O4/c15-7-2-1-5-14(16,13(20)21)6-10-17-8-3-11(4-9-17)12(18)19/h11H,1-10,15-16H2,(H,18,19)(H,20,21). The SMILES string of the molecule is BCCCCC(N)(CCN1CCC(C(=O)O)CC1)C(=O)O. The molecular formula is C14H27BN2O4. The van der Waals surface area contributed by atoms with Crippen LogP contribution < -0.4 is 5.73 Å². The maximum Gasteiger partial charge on any atom is 0.323 e. The topological polar surface area (TPSA) is 104 Å². The third kappa shape index (κ3) is 5.67. The van der Waals surface area contributed by atoms with Crippen molar-refractivity contribution in [2.24, 2.45) is 11.7 Å². The number of nitrogens with two attached hydrogens (primary N) is 1. The fraction of sp³-hybridized carbons (Fsp3) is 0.857. The highest BCUT2D eigenvalue weighted by Crippen LogP contribution is 2.21. The molecule has 1 saturated heterocycles. The van der Waals surface area contributed by atoms with Crippen molar-refractivity contribution in [2.45, 2.75) is 50.4 Å². The molecule has 120 valence electrons. The van der Waals surface area contributed by atoms with E-state index < -0.39 is 17.5 Å². The molecule has 4 N–H and O–H groups in total. The van der Waals surface area contributed by atoms with E-state index in [0.29, 0.717) is 45.3 Å². The van der Waals surface area contributed by atoms with E-state index in [1.54, 1.807) is 0 Å². The number of aliphatic carboxylic acids is 2. The lowest BCUT2D eigenvalue weighted by atomic mass is 9.87. The zero-order valence-corrected chi connectivity index (χ0v) is 12.9. The van der Waals surface area contributed by atoms with Crippen LogP contribution in [0, 0.1) is 5.92 Å². The summed E-state index contributed by atoms with van der Waals surface area (Å²) < 4.78 is 0. The number of carboxylic acids is 2. The smallest absolute Gasteiger partial charge is 0.323 e. The van der Waals surface area contributed by atoms with E-state index in [1.165, 1.54) is 0 Å². The van der Waals surface area contributed by atoms with Gasteiger partial charge in [0.2, 0.25) is 0 Å². The van der Waals surface area contributed by atoms with Gasteiger partial charge in [-0.25, -0.2) is 0 Å². The second-order valence-corrected chi connectivity index (χ2v) is 6.12. The fourth-order valence-electron chi connectivity index (χ4n) is 2.79. The normalized spacial score (nSPS) is 20.0. The Morgan fingerprint density at radius 1 is 1.19 bits per heavy atom. The first-order valence-corrected chi connectivity index (χ1v) is 7.86. The molecule has 0 amide bonds. The molecule has 21 heavy (non-hydrogen) atoms. The van der Waals surface area contributed by atoms with E-state index in [9.17, 15) is 14.7 Å². The first kappa shape index (κ1) is 18.0. The average molecular weight is 298 g/mol. The lowest BCUT2D eigenvalue weighted by Crippen LogP contribution is -2.50. The van der Waals surface area contributed by atoms with Gasteiger partial charge in [0.1, 0.15) is 13.4 Å². The Hall–Kier alpha value is -1.08. The quantitative estimate of drug-likeness (QED) is 0.414. The molecule has 0 aromatic heterocycles. The predicted octanol–water partition coefficient (Wildman–Crippen LogP) is 0.177. The van der Waals surface area contributed by atoms with E-state index in [1.807, 2.05) is 0 Å². The van der Waals surface area contributed by atoms with Crippen LogP contribution in [0.25, 0.3) is 0 Å². The van der Waals surface area contributed by atoms with Crippen LogP contribution in [0.1, 0.15) is 38.5 Å². The van der Waals surface area contributed by atoms with Crippen molar-refractivity contribution < 1.29 is 19.8 Å². The van der Waals surface area contributed by atoms with Crippen LogP contribution in [-0.4, -0.2) is 60.1 Å². The van der Waals surface area contributed by atoms with Gasteiger partial charge in [0.25, 0.3) is 0 Å². The molecule has 1 heterocycles. The van der Waals surface area contributed by atoms with Crippen LogP contribution in [0.3, 0.4) is 0 Å². The maximum atomic E-state index is 11.4. The van der Waals surface area contributed by atoms with Gasteiger partial charge in [-0.05, 0) is 38.8 Å². The number of piperidine rings is 1. The number of hydrogen-bond acceptors (Lipinski definition) is 4. The molecule has 0 radical (unpaired) electrons. The van der Waals surface area contributed by atoms with Crippen molar-refractivity contribution in [1.29, 1.82) is 0 Å². The summed E-state index contributed by atoms with van der Waals surface area (Å²) in [5.74, 6) is -1.92. The van der Waals surface area contributed by atoms with Crippen molar-refractivity contribution in [1.82, 2.24) is 4.90 Å². The summed E-state index contributed by atoms with van der Waals surface area (Å²) in [7, 11) is 2.07. The summed E-state index contributed by atoms with van der Waals surface area (Å²) in [5.41, 5.74) is 4.90. The van der Waals surface area contributed by atoms with E-state index in [2.05, 4.69) is 12.7 Å². The molecule has 0 aromatic rings. The average Bonchev–Trinajstić information content (AvgIpc) is 2.45. The van der Waals surface area contributed by atoms with E-state index in [0.717, 1.165) is 19.2 Å². The number of unbranched alkanes of at least 4 members (excludes halogenated alkanes) is 1. The molecule has 6 nitrogen and oxygen atoms in total. The second-order valence-electron chi connectivity index (χ2n) is 6.12. The molecule has 1 unspecified atom stereocenters. The number of likely N-dealkylation sites (tertiary alicyclic amines) is 1. The zero-order chi connectivity index (χ0) is 15.9. The number of carboxylic acid groups (broad SMARTS) is 2. The summed E-state index contributed by atoms with van der Waals surface area (Å²) in [4.78, 5) is 24.4. The third-order valence-corrected chi connectivity index (χ3v) is 4.46. The van der Waals surface area contributed by atoms with Crippen LogP contribution in [0.5, 0.6) is 0 Å². The molecule has 1 aliphatic heterocycles. The highest BCUT2D eigenvalue weighted by molar-refractivity contribution is 6.08. The summed E-state index contributed by atoms with van der Waals surface area (Å²) in [6.07, 6.45) is 5.06. The highest BCUT2D eigenvalue weighted by atomic mass is 16.4. The van der Waals surface area contributed by atoms with Crippen LogP contribution in [0.4, 0.5) is 0 Å². The monoisotopic (exact) mass is 298 g/mol. The maximum absolute atomic E-state index is 11.4. The lowest BCUT2D eigenvalue weighted by Gasteiger charge is -2.33. The molecule has 1 rings (SSSR count). The van der Waals surface area contributed by atoms with Crippen molar-refractivity contribution in [2.75, 3.05) is 19.6 Å². The van der Waals surface area contributed by atoms with Crippen molar-refractivity contribution in [3.63, 3.8) is 0 Å². The van der Waals surface area contributed by atoms with E-state index in [4.69, 9.17) is 10.8 Å². The third-order valence-electron chi connectivity index (χ3n) is 4.46. The number of carbonyl (C=O) groups is 2. The van der Waals surface area contributed by atoms with Gasteiger partial charge < -0.3 is 20.8 Å². The van der Waals surface area contributed by atoms with Gasteiger partial charge in [-0.1, -0.05) is 19.2 Å². The van der Waals surface area contributed by atoms with Gasteiger partial charge in [0.15, 0.2) is 0 Å². The molecule has 0 aliphatic carbocycles. The first-order valence-electron chi connectivity index (χ1n) is 7.86. The highest BCUT2D eigenvalue weighted by Gasteiger charge is 2.34. The van der Waals surface area contributed by atoms with E-state index in [-0.39, 0.29) is 5.92 Å². The van der Waals surface area contributed by atoms with Crippen molar-refractivity contribution >= 4 is 19.8 Å². The minimum atomic E-state index is -1.15. The lowest BCUT2D eigenvalue weighted by molar-refractivity contribution is -0.144. The second kappa shape index (κ2) is 8.39. The predicted molar refractivity (Wildman–Crippen MR) is 83.2 cm³/mol. The van der Waals surface area contributed by atoms with Gasteiger partial charge in [-0.15, -0.1) is 0 Å². The van der Waals surface area contributed by atoms with Crippen LogP contribution in [-0.2, 0) is 9.59 Å². The minimum Gasteiger partial charge on any atom is -0.481 e. The Morgan fingerprint density at radius 3 is 2.29 bits per heavy atom. The molecule has 1 atom stereocenters. The van der Waals surface area contributed by atoms with Gasteiger partial charge in [0.05, 0.1) is 5.92 Å². The van der Waals surface area contributed by atoms with Crippen LogP contribution in [0.15, 0.2) is 0 Å². The summed E-state index contributed by atoms with van der Waals surface area (Å²) in [6.45, 7) is 2.05. The summed E-state index contributed by atoms with van der Waals surface area (Å²) in [5, 5.41) is 18.3. The minimum absolute atomic E-state index is 0.257. The van der Waals surface area contributed by atoms with Crippen molar-refractivity contribution in [3.05, 3.63) is 0 Å². The Bertz CT molecular complexity index is 359. The van der Waals surface area contributed by atoms with Crippen LogP contribution >= 0.6 is 0 Å². The van der Waals surface area contributed by atoms with Gasteiger partial charge in [-0.3, -0.25) is 9.59 Å². The molecule has 0 spiro atoms. The molecule has 1 aliphatic rings. The van der Waals surface area contributed by atoms with Crippen LogP contribution in [0.2, 0.25) is 6.32 Å². The number of hydrogen-bond donors (Lipinski definition) is 3. The number of nitrogens with zero attached hydrogens (tertiary/aromatic N) is 1. The zero-order valence-electron chi connectivity index (χ0n) is 12.9.